The number of halogens is 1. The van der Waals surface area contributed by atoms with Gasteiger partial charge in [0.1, 0.15) is 0 Å². The van der Waals surface area contributed by atoms with Gasteiger partial charge in [-0.1, -0.05) is 0 Å². The van der Waals surface area contributed by atoms with Gasteiger partial charge in [0.25, 0.3) is 0 Å². The average molecular weight is 340 g/mol. The maximum absolute atomic E-state index is 11.3. The van der Waals surface area contributed by atoms with E-state index < -0.39 is 5.97 Å². The van der Waals surface area contributed by atoms with Crippen LogP contribution in [0.15, 0.2) is 15.9 Å². The summed E-state index contributed by atoms with van der Waals surface area (Å²) in [6.07, 6.45) is 0.658. The average Bonchev–Trinajstić information content (AvgIpc) is 2.84. The maximum Gasteiger partial charge on any atom is 0.354 e. The fraction of sp³-hybridized carbons (Fsp3) is 0.250. The first-order valence-electron chi connectivity index (χ1n) is 5.74. The molecule has 2 aromatic heterocycles. The second-order valence-corrected chi connectivity index (χ2v) is 6.62. The van der Waals surface area contributed by atoms with Crippen LogP contribution in [-0.2, 0) is 13.0 Å². The molecule has 0 atom stereocenters. The van der Waals surface area contributed by atoms with Crippen LogP contribution >= 0.6 is 27.3 Å². The van der Waals surface area contributed by atoms with Gasteiger partial charge in [0.05, 0.1) is 14.4 Å². The Morgan fingerprint density at radius 1 is 1.42 bits per heavy atom. The predicted octanol–water partition coefficient (Wildman–Crippen LogP) is 2.31. The van der Waals surface area contributed by atoms with Crippen molar-refractivity contribution in [2.45, 2.75) is 13.0 Å². The molecule has 0 saturated heterocycles. The van der Waals surface area contributed by atoms with Gasteiger partial charge in [0.2, 0.25) is 0 Å². The summed E-state index contributed by atoms with van der Waals surface area (Å²) < 4.78 is 0.971. The molecular formula is C12H10BrN3O2S. The normalized spacial score (nSPS) is 14.2. The number of carboxylic acid groups (broad SMARTS) is 1. The fourth-order valence-corrected chi connectivity index (χ4v) is 3.40. The maximum atomic E-state index is 11.3. The van der Waals surface area contributed by atoms with Gasteiger partial charge in [0, 0.05) is 12.1 Å². The Bertz CT molecular complexity index is 656. The molecule has 0 aliphatic carbocycles. The summed E-state index contributed by atoms with van der Waals surface area (Å²) in [5.74, 6) is -0.507. The van der Waals surface area contributed by atoms with E-state index in [1.807, 2.05) is 12.1 Å². The highest BCUT2D eigenvalue weighted by molar-refractivity contribution is 9.11. The summed E-state index contributed by atoms with van der Waals surface area (Å²) >= 11 is 4.88. The first kappa shape index (κ1) is 12.7. The van der Waals surface area contributed by atoms with Crippen LogP contribution in [0.25, 0.3) is 10.7 Å². The lowest BCUT2D eigenvalue weighted by atomic mass is 10.0. The van der Waals surface area contributed by atoms with Crippen molar-refractivity contribution < 1.29 is 9.90 Å². The van der Waals surface area contributed by atoms with Gasteiger partial charge in [-0.15, -0.1) is 11.3 Å². The van der Waals surface area contributed by atoms with Gasteiger partial charge in [-0.2, -0.15) is 0 Å². The zero-order chi connectivity index (χ0) is 13.4. The van der Waals surface area contributed by atoms with Crippen LogP contribution in [0.1, 0.15) is 21.7 Å². The number of thiophene rings is 1. The molecule has 0 saturated carbocycles. The molecule has 0 amide bonds. The Balaban J connectivity index is 2.16. The van der Waals surface area contributed by atoms with Crippen molar-refractivity contribution in [3.63, 3.8) is 0 Å². The summed E-state index contributed by atoms with van der Waals surface area (Å²) in [6, 6.07) is 3.79. The zero-order valence-electron chi connectivity index (χ0n) is 9.81. The third-order valence-corrected chi connectivity index (χ3v) is 4.55. The van der Waals surface area contributed by atoms with Crippen LogP contribution in [0.2, 0.25) is 0 Å². The molecular weight excluding hydrogens is 330 g/mol. The molecule has 0 bridgehead atoms. The van der Waals surface area contributed by atoms with Crippen molar-refractivity contribution in [2.24, 2.45) is 0 Å². The lowest BCUT2D eigenvalue weighted by Gasteiger charge is -2.18. The quantitative estimate of drug-likeness (QED) is 0.878. The van der Waals surface area contributed by atoms with Gasteiger partial charge >= 0.3 is 5.97 Å². The van der Waals surface area contributed by atoms with Crippen LogP contribution in [0.3, 0.4) is 0 Å². The second kappa shape index (κ2) is 4.99. The van der Waals surface area contributed by atoms with E-state index >= 15 is 0 Å². The molecule has 1 aliphatic heterocycles. The van der Waals surface area contributed by atoms with E-state index in [0.717, 1.165) is 26.5 Å². The number of carbonyl (C=O) groups is 1. The molecule has 0 spiro atoms. The van der Waals surface area contributed by atoms with E-state index in [-0.39, 0.29) is 5.69 Å². The molecule has 19 heavy (non-hydrogen) atoms. The Hall–Kier alpha value is -1.31. The number of fused-ring (bicyclic) bond motifs is 1. The van der Waals surface area contributed by atoms with E-state index in [0.29, 0.717) is 18.8 Å². The number of hydrogen-bond acceptors (Lipinski definition) is 5. The van der Waals surface area contributed by atoms with E-state index in [1.54, 1.807) is 0 Å². The molecule has 2 aromatic rings. The lowest BCUT2D eigenvalue weighted by Crippen LogP contribution is -2.27. The van der Waals surface area contributed by atoms with Gasteiger partial charge in [-0.05, 0) is 41.0 Å². The molecule has 3 heterocycles. The summed E-state index contributed by atoms with van der Waals surface area (Å²) in [6.45, 7) is 1.36. The number of aromatic nitrogens is 2. The molecule has 5 nitrogen and oxygen atoms in total. The highest BCUT2D eigenvalue weighted by Crippen LogP contribution is 2.30. The number of hydrogen-bond donors (Lipinski definition) is 2. The lowest BCUT2D eigenvalue weighted by molar-refractivity contribution is 0.0688. The first-order chi connectivity index (χ1) is 9.15. The van der Waals surface area contributed by atoms with E-state index in [1.165, 1.54) is 11.3 Å². The molecule has 2 N–H and O–H groups in total. The topological polar surface area (TPSA) is 75.1 Å². The minimum atomic E-state index is -0.988. The molecule has 0 fully saturated rings. The number of aromatic carboxylic acids is 1. The predicted molar refractivity (Wildman–Crippen MR) is 75.4 cm³/mol. The molecule has 0 radical (unpaired) electrons. The van der Waals surface area contributed by atoms with Crippen molar-refractivity contribution >= 4 is 33.2 Å². The Morgan fingerprint density at radius 2 is 2.26 bits per heavy atom. The van der Waals surface area contributed by atoms with Gasteiger partial charge in [-0.3, -0.25) is 0 Å². The summed E-state index contributed by atoms with van der Waals surface area (Å²) in [4.78, 5) is 20.9. The van der Waals surface area contributed by atoms with Crippen molar-refractivity contribution in [1.82, 2.24) is 15.3 Å². The van der Waals surface area contributed by atoms with Gasteiger partial charge in [0.15, 0.2) is 11.5 Å². The molecule has 0 unspecified atom stereocenters. The van der Waals surface area contributed by atoms with Crippen LogP contribution in [0, 0.1) is 0 Å². The first-order valence-corrected chi connectivity index (χ1v) is 7.35. The highest BCUT2D eigenvalue weighted by atomic mass is 79.9. The van der Waals surface area contributed by atoms with E-state index in [2.05, 4.69) is 31.2 Å². The number of nitrogens with zero attached hydrogens (tertiary/aromatic N) is 2. The second-order valence-electron chi connectivity index (χ2n) is 4.16. The van der Waals surface area contributed by atoms with Crippen LogP contribution in [0.5, 0.6) is 0 Å². The molecule has 0 aromatic carbocycles. The Labute approximate surface area is 121 Å². The third kappa shape index (κ3) is 2.41. The molecule has 98 valence electrons. The SMILES string of the molecule is O=C(O)c1nc(-c2ccc(Br)s2)nc2c1CCNC2. The van der Waals surface area contributed by atoms with Crippen LogP contribution < -0.4 is 5.32 Å². The van der Waals surface area contributed by atoms with E-state index in [9.17, 15) is 9.90 Å². The fourth-order valence-electron chi connectivity index (χ4n) is 2.08. The van der Waals surface area contributed by atoms with Gasteiger partial charge in [-0.25, -0.2) is 14.8 Å². The smallest absolute Gasteiger partial charge is 0.354 e. The standard InChI is InChI=1S/C12H10BrN3O2S/c13-9-2-1-8(19-9)11-15-7-5-14-4-3-6(7)10(16-11)12(17)18/h1-2,14H,3-5H2,(H,17,18). The monoisotopic (exact) mass is 339 g/mol. The van der Waals surface area contributed by atoms with Crippen molar-refractivity contribution in [3.05, 3.63) is 32.9 Å². The summed E-state index contributed by atoms with van der Waals surface area (Å²) in [5.41, 5.74) is 1.68. The minimum absolute atomic E-state index is 0.131. The summed E-state index contributed by atoms with van der Waals surface area (Å²) in [5, 5.41) is 12.5. The number of carboxylic acids is 1. The van der Waals surface area contributed by atoms with Gasteiger partial charge < -0.3 is 10.4 Å². The number of nitrogens with one attached hydrogen (secondary N) is 1. The van der Waals surface area contributed by atoms with Crippen molar-refractivity contribution in [2.75, 3.05) is 6.54 Å². The molecule has 7 heteroatoms. The Kier molecular flexibility index (Phi) is 3.34. The number of rotatable bonds is 2. The molecule has 1 aliphatic rings. The Morgan fingerprint density at radius 3 is 2.95 bits per heavy atom. The largest absolute Gasteiger partial charge is 0.476 e. The van der Waals surface area contributed by atoms with Crippen LogP contribution in [-0.4, -0.2) is 27.6 Å². The summed E-state index contributed by atoms with van der Waals surface area (Å²) in [7, 11) is 0. The highest BCUT2D eigenvalue weighted by Gasteiger charge is 2.22. The van der Waals surface area contributed by atoms with Crippen LogP contribution in [0.4, 0.5) is 0 Å². The minimum Gasteiger partial charge on any atom is -0.476 e. The zero-order valence-corrected chi connectivity index (χ0v) is 12.2. The van der Waals surface area contributed by atoms with Crippen molar-refractivity contribution in [1.29, 1.82) is 0 Å². The third-order valence-electron chi connectivity index (χ3n) is 2.93. The molecule has 3 rings (SSSR count). The van der Waals surface area contributed by atoms with Crippen molar-refractivity contribution in [3.8, 4) is 10.7 Å². The van der Waals surface area contributed by atoms with E-state index in [4.69, 9.17) is 0 Å².